The predicted molar refractivity (Wildman–Crippen MR) is 67.0 cm³/mol. The smallest absolute Gasteiger partial charge is 0.146 e. The van der Waals surface area contributed by atoms with E-state index in [1.165, 1.54) is 5.56 Å². The van der Waals surface area contributed by atoms with Gasteiger partial charge in [0.25, 0.3) is 0 Å². The van der Waals surface area contributed by atoms with Crippen LogP contribution in [0.1, 0.15) is 29.4 Å². The lowest BCUT2D eigenvalue weighted by molar-refractivity contribution is 0.469. The molecular formula is C13H16N4O. The van der Waals surface area contributed by atoms with Gasteiger partial charge in [-0.25, -0.2) is 0 Å². The first-order valence-electron chi connectivity index (χ1n) is 6.12. The van der Waals surface area contributed by atoms with Gasteiger partial charge in [-0.1, -0.05) is 12.1 Å². The van der Waals surface area contributed by atoms with E-state index in [1.54, 1.807) is 12.4 Å². The fourth-order valence-corrected chi connectivity index (χ4v) is 2.53. The van der Waals surface area contributed by atoms with Gasteiger partial charge in [0.15, 0.2) is 0 Å². The maximum atomic E-state index is 9.79. The molecule has 0 saturated carbocycles. The van der Waals surface area contributed by atoms with Gasteiger partial charge in [0.05, 0.1) is 6.54 Å². The predicted octanol–water partition coefficient (Wildman–Crippen LogP) is 1.30. The first-order valence-corrected chi connectivity index (χ1v) is 6.12. The van der Waals surface area contributed by atoms with Crippen molar-refractivity contribution in [2.24, 2.45) is 7.05 Å². The highest BCUT2D eigenvalue weighted by molar-refractivity contribution is 5.44. The Morgan fingerprint density at radius 1 is 1.50 bits per heavy atom. The van der Waals surface area contributed by atoms with Crippen molar-refractivity contribution in [3.05, 3.63) is 41.5 Å². The molecule has 0 fully saturated rings. The minimum Gasteiger partial charge on any atom is -0.508 e. The summed E-state index contributed by atoms with van der Waals surface area (Å²) in [6, 6.07) is 6.03. The average molecular weight is 244 g/mol. The van der Waals surface area contributed by atoms with Crippen molar-refractivity contribution in [2.45, 2.75) is 25.4 Å². The number of hydrogen-bond acceptors (Lipinski definition) is 4. The van der Waals surface area contributed by atoms with Gasteiger partial charge in [0.2, 0.25) is 0 Å². The van der Waals surface area contributed by atoms with Gasteiger partial charge in [-0.3, -0.25) is 0 Å². The second-order valence-electron chi connectivity index (χ2n) is 4.68. The second-order valence-corrected chi connectivity index (χ2v) is 4.68. The van der Waals surface area contributed by atoms with E-state index in [-0.39, 0.29) is 0 Å². The van der Waals surface area contributed by atoms with E-state index < -0.39 is 0 Å². The number of phenolic OH excluding ortho intramolecular Hbond substituents is 1. The van der Waals surface area contributed by atoms with E-state index in [4.69, 9.17) is 0 Å². The van der Waals surface area contributed by atoms with Gasteiger partial charge in [-0.05, 0) is 30.0 Å². The molecule has 0 radical (unpaired) electrons. The normalized spacial score (nSPS) is 17.9. The second kappa shape index (κ2) is 4.42. The van der Waals surface area contributed by atoms with Gasteiger partial charge in [-0.2, -0.15) is 0 Å². The van der Waals surface area contributed by atoms with E-state index in [1.807, 2.05) is 17.7 Å². The molecule has 0 saturated heterocycles. The molecule has 0 aliphatic heterocycles. The fraction of sp³-hybridized carbons (Fsp3) is 0.385. The molecule has 3 rings (SSSR count). The summed E-state index contributed by atoms with van der Waals surface area (Å²) < 4.78 is 1.91. The molecule has 94 valence electrons. The molecule has 0 amide bonds. The number of rotatable bonds is 3. The molecule has 1 atom stereocenters. The van der Waals surface area contributed by atoms with Crippen molar-refractivity contribution in [1.29, 1.82) is 0 Å². The topological polar surface area (TPSA) is 63.0 Å². The number of aromatic nitrogens is 3. The monoisotopic (exact) mass is 244 g/mol. The van der Waals surface area contributed by atoms with Crippen LogP contribution in [-0.2, 0) is 20.0 Å². The highest BCUT2D eigenvalue weighted by Gasteiger charge is 2.24. The van der Waals surface area contributed by atoms with Crippen LogP contribution in [0.2, 0.25) is 0 Å². The molecule has 18 heavy (non-hydrogen) atoms. The lowest BCUT2D eigenvalue weighted by Crippen LogP contribution is -2.20. The van der Waals surface area contributed by atoms with Crippen molar-refractivity contribution in [2.75, 3.05) is 0 Å². The molecule has 2 N–H and O–H groups in total. The molecule has 5 heteroatoms. The van der Waals surface area contributed by atoms with Crippen LogP contribution < -0.4 is 5.32 Å². The van der Waals surface area contributed by atoms with Crippen LogP contribution in [0, 0.1) is 0 Å². The number of aromatic hydroxyl groups is 1. The lowest BCUT2D eigenvalue weighted by Gasteiger charge is -2.13. The number of fused-ring (bicyclic) bond motifs is 1. The Balaban J connectivity index is 1.74. The van der Waals surface area contributed by atoms with Gasteiger partial charge in [0, 0.05) is 13.1 Å². The maximum absolute atomic E-state index is 9.79. The molecule has 2 aromatic rings. The summed E-state index contributed by atoms with van der Waals surface area (Å²) >= 11 is 0. The molecular weight excluding hydrogens is 228 g/mol. The Morgan fingerprint density at radius 2 is 2.39 bits per heavy atom. The Morgan fingerprint density at radius 3 is 3.17 bits per heavy atom. The first kappa shape index (κ1) is 11.2. The number of phenols is 1. The van der Waals surface area contributed by atoms with Crippen molar-refractivity contribution in [3.63, 3.8) is 0 Å². The van der Waals surface area contributed by atoms with Crippen LogP contribution >= 0.6 is 0 Å². The van der Waals surface area contributed by atoms with Crippen LogP contribution in [0.4, 0.5) is 0 Å². The average Bonchev–Trinajstić information content (AvgIpc) is 2.94. The summed E-state index contributed by atoms with van der Waals surface area (Å²) in [5, 5.41) is 21.2. The maximum Gasteiger partial charge on any atom is 0.146 e. The zero-order valence-electron chi connectivity index (χ0n) is 10.3. The zero-order chi connectivity index (χ0) is 12.5. The molecule has 0 spiro atoms. The third kappa shape index (κ3) is 1.86. The van der Waals surface area contributed by atoms with Gasteiger partial charge >= 0.3 is 0 Å². The van der Waals surface area contributed by atoms with E-state index in [0.29, 0.717) is 18.3 Å². The molecule has 1 aromatic carbocycles. The van der Waals surface area contributed by atoms with E-state index in [9.17, 15) is 5.11 Å². The first-order chi connectivity index (χ1) is 8.75. The Bertz CT molecular complexity index is 564. The van der Waals surface area contributed by atoms with Crippen molar-refractivity contribution >= 4 is 0 Å². The Kier molecular flexibility index (Phi) is 2.76. The SMILES string of the molecule is Cn1cnnc1CNC1CCc2c(O)cccc21. The van der Waals surface area contributed by atoms with Gasteiger partial charge in [0.1, 0.15) is 17.9 Å². The van der Waals surface area contributed by atoms with E-state index in [2.05, 4.69) is 21.6 Å². The van der Waals surface area contributed by atoms with Crippen LogP contribution in [0.3, 0.4) is 0 Å². The van der Waals surface area contributed by atoms with Crippen LogP contribution in [0.5, 0.6) is 5.75 Å². The third-order valence-electron chi connectivity index (χ3n) is 3.56. The third-order valence-corrected chi connectivity index (χ3v) is 3.56. The highest BCUT2D eigenvalue weighted by Crippen LogP contribution is 2.36. The summed E-state index contributed by atoms with van der Waals surface area (Å²) in [4.78, 5) is 0. The highest BCUT2D eigenvalue weighted by atomic mass is 16.3. The van der Waals surface area contributed by atoms with Crippen molar-refractivity contribution < 1.29 is 5.11 Å². The lowest BCUT2D eigenvalue weighted by atomic mass is 10.1. The Labute approximate surface area is 105 Å². The summed E-state index contributed by atoms with van der Waals surface area (Å²) in [7, 11) is 1.94. The van der Waals surface area contributed by atoms with E-state index in [0.717, 1.165) is 24.2 Å². The minimum atomic E-state index is 0.295. The van der Waals surface area contributed by atoms with Gasteiger partial charge in [-0.15, -0.1) is 10.2 Å². The molecule has 1 aliphatic rings. The van der Waals surface area contributed by atoms with Crippen LogP contribution in [-0.4, -0.2) is 19.9 Å². The number of nitrogens with one attached hydrogen (secondary N) is 1. The number of hydrogen-bond donors (Lipinski definition) is 2. The molecule has 5 nitrogen and oxygen atoms in total. The molecule has 0 bridgehead atoms. The molecule has 1 heterocycles. The van der Waals surface area contributed by atoms with Crippen LogP contribution in [0.15, 0.2) is 24.5 Å². The minimum absolute atomic E-state index is 0.295. The summed E-state index contributed by atoms with van der Waals surface area (Å²) in [6.07, 6.45) is 3.65. The number of nitrogens with zero attached hydrogens (tertiary/aromatic N) is 3. The molecule has 1 aliphatic carbocycles. The standard InChI is InChI=1S/C13H16N4O/c1-17-8-15-16-13(17)7-14-11-6-5-10-9(11)3-2-4-12(10)18/h2-4,8,11,14,18H,5-7H2,1H3. The molecule has 1 aromatic heterocycles. The van der Waals surface area contributed by atoms with Crippen LogP contribution in [0.25, 0.3) is 0 Å². The summed E-state index contributed by atoms with van der Waals surface area (Å²) in [5.41, 5.74) is 2.28. The van der Waals surface area contributed by atoms with Crippen molar-refractivity contribution in [1.82, 2.24) is 20.1 Å². The summed E-state index contributed by atoms with van der Waals surface area (Å²) in [6.45, 7) is 0.691. The fourth-order valence-electron chi connectivity index (χ4n) is 2.53. The zero-order valence-corrected chi connectivity index (χ0v) is 10.3. The Hall–Kier alpha value is -1.88. The quantitative estimate of drug-likeness (QED) is 0.854. The number of aryl methyl sites for hydroxylation is 1. The van der Waals surface area contributed by atoms with Crippen molar-refractivity contribution in [3.8, 4) is 5.75 Å². The van der Waals surface area contributed by atoms with Gasteiger partial charge < -0.3 is 15.0 Å². The largest absolute Gasteiger partial charge is 0.508 e. The van der Waals surface area contributed by atoms with E-state index >= 15 is 0 Å². The number of benzene rings is 1. The molecule has 1 unspecified atom stereocenters. The summed E-state index contributed by atoms with van der Waals surface area (Å²) in [5.74, 6) is 1.33.